The molecule has 0 aromatic carbocycles. The fourth-order valence-corrected chi connectivity index (χ4v) is 1.57. The van der Waals surface area contributed by atoms with Gasteiger partial charge < -0.3 is 5.32 Å². The third kappa shape index (κ3) is 4.99. The number of nitrogen functional groups attached to an aromatic ring is 1. The Morgan fingerprint density at radius 2 is 2.12 bits per heavy atom. The molecule has 0 atom stereocenters. The molecule has 0 aliphatic carbocycles. The predicted molar refractivity (Wildman–Crippen MR) is 71.8 cm³/mol. The molecular weight excluding hydrogens is 214 g/mol. The maximum absolute atomic E-state index is 5.28. The number of aromatic nitrogens is 2. The van der Waals surface area contributed by atoms with Crippen LogP contribution in [0.2, 0.25) is 0 Å². The number of unbranched alkanes of at least 4 members (excludes halogenated alkanes) is 1. The van der Waals surface area contributed by atoms with Crippen LogP contribution >= 0.6 is 0 Å². The van der Waals surface area contributed by atoms with Crippen molar-refractivity contribution in [1.82, 2.24) is 9.97 Å². The average molecular weight is 237 g/mol. The SMILES string of the molecule is Cc1cnc(NN)nc1NCCCCC(C)C. The van der Waals surface area contributed by atoms with Crippen molar-refractivity contribution >= 4 is 11.8 Å². The second kappa shape index (κ2) is 7.06. The van der Waals surface area contributed by atoms with Crippen LogP contribution in [0.4, 0.5) is 11.8 Å². The van der Waals surface area contributed by atoms with Crippen molar-refractivity contribution < 1.29 is 0 Å². The Labute approximate surface area is 103 Å². The summed E-state index contributed by atoms with van der Waals surface area (Å²) in [4.78, 5) is 8.30. The summed E-state index contributed by atoms with van der Waals surface area (Å²) in [5, 5.41) is 3.31. The van der Waals surface area contributed by atoms with Crippen LogP contribution in [0.15, 0.2) is 6.20 Å². The average Bonchev–Trinajstić information content (AvgIpc) is 2.30. The molecule has 17 heavy (non-hydrogen) atoms. The van der Waals surface area contributed by atoms with Gasteiger partial charge in [0.15, 0.2) is 0 Å². The van der Waals surface area contributed by atoms with Gasteiger partial charge >= 0.3 is 0 Å². The molecule has 4 N–H and O–H groups in total. The first-order valence-electron chi connectivity index (χ1n) is 6.17. The van der Waals surface area contributed by atoms with E-state index in [1.807, 2.05) is 6.92 Å². The topological polar surface area (TPSA) is 75.9 Å². The second-order valence-electron chi connectivity index (χ2n) is 4.69. The number of hydrogen-bond acceptors (Lipinski definition) is 5. The molecule has 1 rings (SSSR count). The number of anilines is 2. The molecule has 0 bridgehead atoms. The lowest BCUT2D eigenvalue weighted by Gasteiger charge is -2.10. The van der Waals surface area contributed by atoms with Crippen molar-refractivity contribution in [2.24, 2.45) is 11.8 Å². The van der Waals surface area contributed by atoms with E-state index in [9.17, 15) is 0 Å². The quantitative estimate of drug-likeness (QED) is 0.385. The van der Waals surface area contributed by atoms with Crippen molar-refractivity contribution in [2.75, 3.05) is 17.3 Å². The summed E-state index contributed by atoms with van der Waals surface area (Å²) < 4.78 is 0. The van der Waals surface area contributed by atoms with Gasteiger partial charge in [-0.3, -0.25) is 5.43 Å². The lowest BCUT2D eigenvalue weighted by Crippen LogP contribution is -2.13. The van der Waals surface area contributed by atoms with E-state index >= 15 is 0 Å². The molecule has 1 aromatic heterocycles. The van der Waals surface area contributed by atoms with E-state index < -0.39 is 0 Å². The minimum absolute atomic E-state index is 0.445. The van der Waals surface area contributed by atoms with Gasteiger partial charge in [0.1, 0.15) is 5.82 Å². The predicted octanol–water partition coefficient (Wildman–Crippen LogP) is 2.31. The van der Waals surface area contributed by atoms with E-state index in [1.54, 1.807) is 6.20 Å². The maximum Gasteiger partial charge on any atom is 0.239 e. The fourth-order valence-electron chi connectivity index (χ4n) is 1.57. The Morgan fingerprint density at radius 3 is 2.76 bits per heavy atom. The summed E-state index contributed by atoms with van der Waals surface area (Å²) in [7, 11) is 0. The maximum atomic E-state index is 5.28. The van der Waals surface area contributed by atoms with Gasteiger partial charge in [-0.25, -0.2) is 10.8 Å². The fraction of sp³-hybridized carbons (Fsp3) is 0.667. The third-order valence-electron chi connectivity index (χ3n) is 2.60. The van der Waals surface area contributed by atoms with E-state index in [0.29, 0.717) is 5.95 Å². The summed E-state index contributed by atoms with van der Waals surface area (Å²) in [6.45, 7) is 7.42. The highest BCUT2D eigenvalue weighted by Gasteiger charge is 2.02. The zero-order chi connectivity index (χ0) is 12.7. The molecule has 0 aliphatic heterocycles. The van der Waals surface area contributed by atoms with E-state index in [0.717, 1.165) is 30.3 Å². The molecule has 5 heteroatoms. The first kappa shape index (κ1) is 13.7. The minimum atomic E-state index is 0.445. The zero-order valence-electron chi connectivity index (χ0n) is 11.0. The highest BCUT2D eigenvalue weighted by molar-refractivity contribution is 5.45. The molecule has 0 amide bonds. The Bertz CT molecular complexity index is 338. The van der Waals surface area contributed by atoms with Crippen molar-refractivity contribution in [3.8, 4) is 0 Å². The molecule has 1 heterocycles. The number of nitrogens with one attached hydrogen (secondary N) is 2. The van der Waals surface area contributed by atoms with Crippen LogP contribution in [0.3, 0.4) is 0 Å². The molecule has 5 nitrogen and oxygen atoms in total. The van der Waals surface area contributed by atoms with Crippen molar-refractivity contribution in [2.45, 2.75) is 40.0 Å². The number of aryl methyl sites for hydroxylation is 1. The Hall–Kier alpha value is -1.36. The normalized spacial score (nSPS) is 10.6. The van der Waals surface area contributed by atoms with Crippen molar-refractivity contribution in [3.05, 3.63) is 11.8 Å². The first-order chi connectivity index (χ1) is 8.13. The van der Waals surface area contributed by atoms with E-state index in [2.05, 4.69) is 34.6 Å². The molecule has 0 saturated heterocycles. The number of hydrazine groups is 1. The lowest BCUT2D eigenvalue weighted by atomic mass is 10.1. The Morgan fingerprint density at radius 1 is 1.35 bits per heavy atom. The summed E-state index contributed by atoms with van der Waals surface area (Å²) in [5.41, 5.74) is 3.48. The molecule has 0 aliphatic rings. The molecule has 0 saturated carbocycles. The largest absolute Gasteiger partial charge is 0.370 e. The molecule has 1 aromatic rings. The van der Waals surface area contributed by atoms with Crippen LogP contribution in [0.1, 0.15) is 38.7 Å². The van der Waals surface area contributed by atoms with Gasteiger partial charge in [0.25, 0.3) is 0 Å². The smallest absolute Gasteiger partial charge is 0.239 e. The van der Waals surface area contributed by atoms with Gasteiger partial charge in [0.2, 0.25) is 5.95 Å². The molecule has 0 unspecified atom stereocenters. The molecule has 96 valence electrons. The van der Waals surface area contributed by atoms with Gasteiger partial charge in [-0.05, 0) is 19.3 Å². The van der Waals surface area contributed by atoms with Gasteiger partial charge in [-0.15, -0.1) is 0 Å². The molecule has 0 spiro atoms. The summed E-state index contributed by atoms with van der Waals surface area (Å²) in [6, 6.07) is 0. The standard InChI is InChI=1S/C12H23N5/c1-9(2)6-4-5-7-14-11-10(3)8-15-12(16-11)17-13/h8-9H,4-7,13H2,1-3H3,(H2,14,15,16,17). The van der Waals surface area contributed by atoms with Gasteiger partial charge in [0.05, 0.1) is 0 Å². The Kier molecular flexibility index (Phi) is 5.69. The van der Waals surface area contributed by atoms with Crippen LogP contribution in [-0.4, -0.2) is 16.5 Å². The molecule has 0 fully saturated rings. The van der Waals surface area contributed by atoms with Crippen LogP contribution in [0.5, 0.6) is 0 Å². The van der Waals surface area contributed by atoms with Crippen LogP contribution in [0, 0.1) is 12.8 Å². The minimum Gasteiger partial charge on any atom is -0.370 e. The first-order valence-corrected chi connectivity index (χ1v) is 6.17. The van der Waals surface area contributed by atoms with Crippen molar-refractivity contribution in [3.63, 3.8) is 0 Å². The number of nitrogens with two attached hydrogens (primary N) is 1. The summed E-state index contributed by atoms with van der Waals surface area (Å²) >= 11 is 0. The number of hydrogen-bond donors (Lipinski definition) is 3. The van der Waals surface area contributed by atoms with Crippen LogP contribution < -0.4 is 16.6 Å². The number of rotatable bonds is 7. The van der Waals surface area contributed by atoms with E-state index in [4.69, 9.17) is 5.84 Å². The monoisotopic (exact) mass is 237 g/mol. The highest BCUT2D eigenvalue weighted by atomic mass is 15.3. The third-order valence-corrected chi connectivity index (χ3v) is 2.60. The summed E-state index contributed by atoms with van der Waals surface area (Å²) in [5.74, 6) is 7.36. The molecule has 0 radical (unpaired) electrons. The summed E-state index contributed by atoms with van der Waals surface area (Å²) in [6.07, 6.45) is 5.45. The lowest BCUT2D eigenvalue weighted by molar-refractivity contribution is 0.544. The molecular formula is C12H23N5. The van der Waals surface area contributed by atoms with Gasteiger partial charge in [0, 0.05) is 18.3 Å². The van der Waals surface area contributed by atoms with E-state index in [1.165, 1.54) is 12.8 Å². The van der Waals surface area contributed by atoms with Gasteiger partial charge in [-0.1, -0.05) is 26.7 Å². The second-order valence-corrected chi connectivity index (χ2v) is 4.69. The van der Waals surface area contributed by atoms with Crippen LogP contribution in [-0.2, 0) is 0 Å². The van der Waals surface area contributed by atoms with Gasteiger partial charge in [-0.2, -0.15) is 4.98 Å². The highest BCUT2D eigenvalue weighted by Crippen LogP contribution is 2.12. The van der Waals surface area contributed by atoms with Crippen LogP contribution in [0.25, 0.3) is 0 Å². The number of nitrogens with zero attached hydrogens (tertiary/aromatic N) is 2. The van der Waals surface area contributed by atoms with Crippen molar-refractivity contribution in [1.29, 1.82) is 0 Å². The zero-order valence-corrected chi connectivity index (χ0v) is 11.0. The van der Waals surface area contributed by atoms with E-state index in [-0.39, 0.29) is 0 Å². The Balaban J connectivity index is 2.35.